The fraction of sp³-hybridized carbons (Fsp3) is 1.00. The Hall–Kier alpha value is -0.120. The van der Waals surface area contributed by atoms with Gasteiger partial charge in [0, 0.05) is 13.1 Å². The van der Waals surface area contributed by atoms with Crippen molar-refractivity contribution in [3.05, 3.63) is 0 Å². The zero-order valence-corrected chi connectivity index (χ0v) is 8.08. The summed E-state index contributed by atoms with van der Waals surface area (Å²) in [7, 11) is 2.00. The molecule has 0 bridgehead atoms. The summed E-state index contributed by atoms with van der Waals surface area (Å²) in [6, 6.07) is 0. The van der Waals surface area contributed by atoms with Crippen molar-refractivity contribution in [1.29, 1.82) is 0 Å². The van der Waals surface area contributed by atoms with Crippen LogP contribution >= 0.6 is 0 Å². The lowest BCUT2D eigenvalue weighted by molar-refractivity contribution is -0.00296. The average molecular weight is 172 g/mol. The second kappa shape index (κ2) is 4.80. The van der Waals surface area contributed by atoms with Crippen LogP contribution in [-0.4, -0.2) is 42.9 Å². The van der Waals surface area contributed by atoms with E-state index in [0.29, 0.717) is 0 Å². The van der Waals surface area contributed by atoms with Crippen LogP contribution in [0.2, 0.25) is 0 Å². The number of aliphatic hydroxyl groups is 1. The molecule has 0 amide bonds. The third kappa shape index (κ3) is 2.73. The van der Waals surface area contributed by atoms with Crippen molar-refractivity contribution < 1.29 is 5.11 Å². The molecule has 3 heteroatoms. The molecular formula is C9H20N2O. The number of hydrogen-bond acceptors (Lipinski definition) is 3. The van der Waals surface area contributed by atoms with Crippen molar-refractivity contribution in [3.8, 4) is 0 Å². The zero-order chi connectivity index (χ0) is 8.97. The van der Waals surface area contributed by atoms with Crippen LogP contribution < -0.4 is 5.32 Å². The Morgan fingerprint density at radius 2 is 2.08 bits per heavy atom. The van der Waals surface area contributed by atoms with Gasteiger partial charge < -0.3 is 10.4 Å². The molecule has 1 unspecified atom stereocenters. The lowest BCUT2D eigenvalue weighted by Crippen LogP contribution is -2.41. The topological polar surface area (TPSA) is 35.5 Å². The summed E-state index contributed by atoms with van der Waals surface area (Å²) in [6.07, 6.45) is 2.16. The lowest BCUT2D eigenvalue weighted by Gasteiger charge is -2.33. The minimum atomic E-state index is -0.263. The van der Waals surface area contributed by atoms with E-state index in [1.54, 1.807) is 0 Å². The van der Waals surface area contributed by atoms with Gasteiger partial charge in [-0.3, -0.25) is 4.90 Å². The molecule has 1 saturated heterocycles. The first-order valence-electron chi connectivity index (χ1n) is 4.80. The Labute approximate surface area is 74.8 Å². The molecule has 0 spiro atoms. The first-order chi connectivity index (χ1) is 5.74. The number of nitrogens with one attached hydrogen (secondary N) is 1. The Morgan fingerprint density at radius 1 is 1.50 bits per heavy atom. The third-order valence-corrected chi connectivity index (χ3v) is 2.67. The van der Waals surface area contributed by atoms with E-state index in [9.17, 15) is 5.11 Å². The van der Waals surface area contributed by atoms with Gasteiger partial charge in [-0.25, -0.2) is 0 Å². The van der Waals surface area contributed by atoms with E-state index in [2.05, 4.69) is 10.2 Å². The molecule has 0 aromatic heterocycles. The van der Waals surface area contributed by atoms with Gasteiger partial charge in [0.25, 0.3) is 0 Å². The van der Waals surface area contributed by atoms with E-state index in [-0.39, 0.29) is 6.23 Å². The van der Waals surface area contributed by atoms with Crippen LogP contribution in [0.1, 0.15) is 19.8 Å². The highest BCUT2D eigenvalue weighted by atomic mass is 16.3. The molecule has 12 heavy (non-hydrogen) atoms. The first-order valence-corrected chi connectivity index (χ1v) is 4.80. The second-order valence-corrected chi connectivity index (χ2v) is 3.67. The molecule has 2 N–H and O–H groups in total. The maximum absolute atomic E-state index is 9.30. The molecule has 1 atom stereocenters. The quantitative estimate of drug-likeness (QED) is 0.641. The van der Waals surface area contributed by atoms with Gasteiger partial charge in [-0.2, -0.15) is 0 Å². The molecule has 1 aliphatic heterocycles. The average Bonchev–Trinajstić information content (AvgIpc) is 2.06. The monoisotopic (exact) mass is 172 g/mol. The van der Waals surface area contributed by atoms with Crippen molar-refractivity contribution in [2.75, 3.05) is 26.7 Å². The Balaban J connectivity index is 2.20. The van der Waals surface area contributed by atoms with Crippen LogP contribution in [0.25, 0.3) is 0 Å². The van der Waals surface area contributed by atoms with Gasteiger partial charge in [-0.15, -0.1) is 0 Å². The van der Waals surface area contributed by atoms with Gasteiger partial charge in [0.1, 0.15) is 6.23 Å². The molecule has 1 fully saturated rings. The smallest absolute Gasteiger partial charge is 0.104 e. The molecule has 0 aromatic rings. The molecule has 3 nitrogen and oxygen atoms in total. The second-order valence-electron chi connectivity index (χ2n) is 3.67. The third-order valence-electron chi connectivity index (χ3n) is 2.67. The molecule has 0 aliphatic carbocycles. The van der Waals surface area contributed by atoms with E-state index >= 15 is 0 Å². The highest BCUT2D eigenvalue weighted by Gasteiger charge is 2.20. The highest BCUT2D eigenvalue weighted by Crippen LogP contribution is 2.17. The van der Waals surface area contributed by atoms with Gasteiger partial charge in [-0.1, -0.05) is 0 Å². The summed E-state index contributed by atoms with van der Waals surface area (Å²) < 4.78 is 0. The van der Waals surface area contributed by atoms with Crippen molar-refractivity contribution >= 4 is 0 Å². The van der Waals surface area contributed by atoms with Crippen molar-refractivity contribution in [2.24, 2.45) is 5.92 Å². The molecule has 1 heterocycles. The Bertz CT molecular complexity index is 120. The summed E-state index contributed by atoms with van der Waals surface area (Å²) >= 11 is 0. The Morgan fingerprint density at radius 3 is 2.50 bits per heavy atom. The van der Waals surface area contributed by atoms with Crippen LogP contribution in [0.5, 0.6) is 0 Å². The van der Waals surface area contributed by atoms with E-state index in [1.807, 2.05) is 14.0 Å². The number of rotatable bonds is 3. The van der Waals surface area contributed by atoms with Crippen LogP contribution in [0.3, 0.4) is 0 Å². The minimum Gasteiger partial charge on any atom is -0.379 e. The fourth-order valence-electron chi connectivity index (χ4n) is 1.82. The van der Waals surface area contributed by atoms with E-state index < -0.39 is 0 Å². The maximum Gasteiger partial charge on any atom is 0.104 e. The predicted molar refractivity (Wildman–Crippen MR) is 49.9 cm³/mol. The molecule has 0 saturated carbocycles. The SMILES string of the molecule is CNCC1CCN(C(C)O)CC1. The van der Waals surface area contributed by atoms with Crippen LogP contribution in [-0.2, 0) is 0 Å². The highest BCUT2D eigenvalue weighted by molar-refractivity contribution is 4.73. The van der Waals surface area contributed by atoms with E-state index in [0.717, 1.165) is 25.6 Å². The van der Waals surface area contributed by atoms with Gasteiger partial charge in [0.2, 0.25) is 0 Å². The minimum absolute atomic E-state index is 0.263. The van der Waals surface area contributed by atoms with Crippen LogP contribution in [0.15, 0.2) is 0 Å². The van der Waals surface area contributed by atoms with Crippen molar-refractivity contribution in [2.45, 2.75) is 26.0 Å². The van der Waals surface area contributed by atoms with Crippen molar-refractivity contribution in [1.82, 2.24) is 10.2 Å². The Kier molecular flexibility index (Phi) is 3.98. The van der Waals surface area contributed by atoms with Crippen LogP contribution in [0.4, 0.5) is 0 Å². The summed E-state index contributed by atoms with van der Waals surface area (Å²) in [6.45, 7) is 5.06. The number of nitrogens with zero attached hydrogens (tertiary/aromatic N) is 1. The fourth-order valence-corrected chi connectivity index (χ4v) is 1.82. The normalized spacial score (nSPS) is 24.2. The molecule has 0 aromatic carbocycles. The van der Waals surface area contributed by atoms with Crippen molar-refractivity contribution in [3.63, 3.8) is 0 Å². The molecule has 1 rings (SSSR count). The van der Waals surface area contributed by atoms with Gasteiger partial charge >= 0.3 is 0 Å². The number of piperidine rings is 1. The first kappa shape index (κ1) is 9.96. The van der Waals surface area contributed by atoms with E-state index in [1.165, 1.54) is 12.8 Å². The molecular weight excluding hydrogens is 152 g/mol. The maximum atomic E-state index is 9.30. The summed E-state index contributed by atoms with van der Waals surface area (Å²) in [4.78, 5) is 2.13. The summed E-state index contributed by atoms with van der Waals surface area (Å²) in [5.74, 6) is 0.810. The lowest BCUT2D eigenvalue weighted by atomic mass is 9.97. The van der Waals surface area contributed by atoms with E-state index in [4.69, 9.17) is 0 Å². The van der Waals surface area contributed by atoms with Gasteiger partial charge in [-0.05, 0) is 39.3 Å². The van der Waals surface area contributed by atoms with Crippen LogP contribution in [0, 0.1) is 5.92 Å². The molecule has 0 radical (unpaired) electrons. The molecule has 1 aliphatic rings. The summed E-state index contributed by atoms with van der Waals surface area (Å²) in [5, 5.41) is 12.5. The predicted octanol–water partition coefficient (Wildman–Crippen LogP) is 0.256. The largest absolute Gasteiger partial charge is 0.379 e. The standard InChI is InChI=1S/C9H20N2O/c1-8(12)11-5-3-9(4-6-11)7-10-2/h8-10,12H,3-7H2,1-2H3. The van der Waals surface area contributed by atoms with Gasteiger partial charge in [0.15, 0.2) is 0 Å². The van der Waals surface area contributed by atoms with Gasteiger partial charge in [0.05, 0.1) is 0 Å². The number of likely N-dealkylation sites (tertiary alicyclic amines) is 1. The number of aliphatic hydroxyl groups excluding tert-OH is 1. The number of hydrogen-bond donors (Lipinski definition) is 2. The zero-order valence-electron chi connectivity index (χ0n) is 8.08. The summed E-state index contributed by atoms with van der Waals surface area (Å²) in [5.41, 5.74) is 0. The molecule has 72 valence electrons.